The lowest BCUT2D eigenvalue weighted by Gasteiger charge is -2.34. The summed E-state index contributed by atoms with van der Waals surface area (Å²) >= 11 is 0. The van der Waals surface area contributed by atoms with Gasteiger partial charge in [0.05, 0.1) is 24.2 Å². The first-order valence-corrected chi connectivity index (χ1v) is 10.2. The van der Waals surface area contributed by atoms with Gasteiger partial charge in [-0.1, -0.05) is 6.07 Å². The molecule has 2 aliphatic rings. The Morgan fingerprint density at radius 3 is 2.87 bits per heavy atom. The molecule has 0 unspecified atom stereocenters. The van der Waals surface area contributed by atoms with Crippen LogP contribution in [0.5, 0.6) is 0 Å². The molecule has 1 N–H and O–H groups in total. The van der Waals surface area contributed by atoms with Gasteiger partial charge in [0.15, 0.2) is 0 Å². The molecule has 1 saturated heterocycles. The summed E-state index contributed by atoms with van der Waals surface area (Å²) in [5, 5.41) is 8.09. The molecule has 2 aromatic heterocycles. The van der Waals surface area contributed by atoms with Crippen molar-refractivity contribution in [3.8, 4) is 5.69 Å². The summed E-state index contributed by atoms with van der Waals surface area (Å²) in [5.74, 6) is 0.532. The van der Waals surface area contributed by atoms with Gasteiger partial charge in [-0.2, -0.15) is 5.10 Å². The van der Waals surface area contributed by atoms with Crippen molar-refractivity contribution < 1.29 is 9.53 Å². The highest BCUT2D eigenvalue weighted by Gasteiger charge is 2.28. The third kappa shape index (κ3) is 3.48. The van der Waals surface area contributed by atoms with Crippen LogP contribution in [-0.4, -0.2) is 50.3 Å². The van der Waals surface area contributed by atoms with Crippen LogP contribution in [0.1, 0.15) is 44.5 Å². The molecule has 5 rings (SSSR count). The van der Waals surface area contributed by atoms with Crippen LogP contribution >= 0.6 is 0 Å². The highest BCUT2D eigenvalue weighted by atomic mass is 16.5. The fourth-order valence-electron chi connectivity index (χ4n) is 4.25. The molecule has 4 heterocycles. The largest absolute Gasteiger partial charge is 0.457 e. The van der Waals surface area contributed by atoms with E-state index in [0.717, 1.165) is 54.4 Å². The van der Waals surface area contributed by atoms with Crippen molar-refractivity contribution in [2.24, 2.45) is 0 Å². The summed E-state index contributed by atoms with van der Waals surface area (Å²) < 4.78 is 7.02. The van der Waals surface area contributed by atoms with E-state index in [4.69, 9.17) is 4.74 Å². The third-order valence-corrected chi connectivity index (χ3v) is 5.92. The molecular weight excluding hydrogens is 380 g/mol. The van der Waals surface area contributed by atoms with E-state index in [1.54, 1.807) is 12.4 Å². The van der Waals surface area contributed by atoms with Gasteiger partial charge < -0.3 is 10.1 Å². The standard InChI is InChI=1S/C22H24N6O2/c1-14-18(3-4-19-20(14)13-30-22(19)29)21-12-27(6-5-23-21)10-16-7-26-28(11-16)17-8-24-15(2)25-9-17/h3-4,7-9,11,21,23H,5-6,10,12-13H2,1-2H3/t21-/m0/s1. The number of ether oxygens (including phenoxy) is 1. The third-order valence-electron chi connectivity index (χ3n) is 5.92. The Morgan fingerprint density at radius 2 is 2.03 bits per heavy atom. The predicted molar refractivity (Wildman–Crippen MR) is 110 cm³/mol. The molecule has 0 spiro atoms. The first kappa shape index (κ1) is 18.9. The summed E-state index contributed by atoms with van der Waals surface area (Å²) in [7, 11) is 0. The van der Waals surface area contributed by atoms with Crippen LogP contribution in [0, 0.1) is 13.8 Å². The number of carbonyl (C=O) groups excluding carboxylic acids is 1. The number of nitrogens with zero attached hydrogens (tertiary/aromatic N) is 5. The highest BCUT2D eigenvalue weighted by Crippen LogP contribution is 2.30. The van der Waals surface area contributed by atoms with Crippen molar-refractivity contribution in [1.29, 1.82) is 0 Å². The van der Waals surface area contributed by atoms with Crippen molar-refractivity contribution in [1.82, 2.24) is 30.0 Å². The fraction of sp³-hybridized carbons (Fsp3) is 0.364. The molecule has 30 heavy (non-hydrogen) atoms. The Kier molecular flexibility index (Phi) is 4.80. The number of fused-ring (bicyclic) bond motifs is 1. The molecule has 8 nitrogen and oxygen atoms in total. The van der Waals surface area contributed by atoms with Crippen LogP contribution < -0.4 is 5.32 Å². The van der Waals surface area contributed by atoms with Crippen LogP contribution in [0.3, 0.4) is 0 Å². The smallest absolute Gasteiger partial charge is 0.338 e. The van der Waals surface area contributed by atoms with E-state index in [2.05, 4.69) is 38.3 Å². The van der Waals surface area contributed by atoms with Crippen LogP contribution in [0.25, 0.3) is 5.69 Å². The van der Waals surface area contributed by atoms with Crippen LogP contribution in [0.2, 0.25) is 0 Å². The van der Waals surface area contributed by atoms with Crippen LogP contribution in [0.4, 0.5) is 0 Å². The van der Waals surface area contributed by atoms with Gasteiger partial charge in [0.2, 0.25) is 0 Å². The molecule has 8 heteroatoms. The number of piperazine rings is 1. The quantitative estimate of drug-likeness (QED) is 0.667. The molecule has 0 aliphatic carbocycles. The predicted octanol–water partition coefficient (Wildman–Crippen LogP) is 2.10. The van der Waals surface area contributed by atoms with Gasteiger partial charge in [-0.25, -0.2) is 19.4 Å². The molecule has 154 valence electrons. The van der Waals surface area contributed by atoms with Crippen LogP contribution in [-0.2, 0) is 17.9 Å². The average Bonchev–Trinajstić information content (AvgIpc) is 3.36. The lowest BCUT2D eigenvalue weighted by Crippen LogP contribution is -2.45. The second-order valence-electron chi connectivity index (χ2n) is 7.91. The zero-order valence-corrected chi connectivity index (χ0v) is 17.1. The Morgan fingerprint density at radius 1 is 1.20 bits per heavy atom. The number of rotatable bonds is 4. The summed E-state index contributed by atoms with van der Waals surface area (Å²) in [6.45, 7) is 7.95. The van der Waals surface area contributed by atoms with Crippen molar-refractivity contribution in [2.75, 3.05) is 19.6 Å². The van der Waals surface area contributed by atoms with Gasteiger partial charge in [-0.3, -0.25) is 4.90 Å². The minimum Gasteiger partial charge on any atom is -0.457 e. The fourth-order valence-corrected chi connectivity index (χ4v) is 4.25. The monoisotopic (exact) mass is 404 g/mol. The van der Waals surface area contributed by atoms with Gasteiger partial charge in [0.25, 0.3) is 0 Å². The Balaban J connectivity index is 1.30. The molecule has 0 amide bonds. The number of aryl methyl sites for hydroxylation is 1. The van der Waals surface area contributed by atoms with Crippen LogP contribution in [0.15, 0.2) is 36.9 Å². The number of benzene rings is 1. The zero-order valence-electron chi connectivity index (χ0n) is 17.1. The van der Waals surface area contributed by atoms with Gasteiger partial charge in [-0.05, 0) is 31.0 Å². The molecule has 3 aromatic rings. The summed E-state index contributed by atoms with van der Waals surface area (Å²) in [6, 6.07) is 4.19. The second kappa shape index (κ2) is 7.62. The zero-order chi connectivity index (χ0) is 20.7. The number of nitrogens with one attached hydrogen (secondary N) is 1. The number of esters is 1. The van der Waals surface area contributed by atoms with E-state index in [9.17, 15) is 4.79 Å². The van der Waals surface area contributed by atoms with Crippen molar-refractivity contribution >= 4 is 5.97 Å². The van der Waals surface area contributed by atoms with E-state index < -0.39 is 0 Å². The van der Waals surface area contributed by atoms with Gasteiger partial charge >= 0.3 is 5.97 Å². The number of cyclic esters (lactones) is 1. The first-order chi connectivity index (χ1) is 14.6. The van der Waals surface area contributed by atoms with E-state index in [0.29, 0.717) is 12.2 Å². The minimum absolute atomic E-state index is 0.214. The SMILES string of the molecule is Cc1ncc(-n2cc(CN3CCN[C@H](c4ccc5c(c4C)COC5=O)C3)cn2)cn1. The Bertz CT molecular complexity index is 1090. The molecular formula is C22H24N6O2. The van der Waals surface area contributed by atoms with E-state index in [-0.39, 0.29) is 12.0 Å². The molecule has 2 aliphatic heterocycles. The van der Waals surface area contributed by atoms with Crippen molar-refractivity contribution in [2.45, 2.75) is 33.0 Å². The summed E-state index contributed by atoms with van der Waals surface area (Å²) in [5.41, 5.74) is 6.14. The maximum atomic E-state index is 11.8. The minimum atomic E-state index is -0.214. The average molecular weight is 404 g/mol. The molecule has 1 atom stereocenters. The number of hydrogen-bond donors (Lipinski definition) is 1. The van der Waals surface area contributed by atoms with E-state index >= 15 is 0 Å². The van der Waals surface area contributed by atoms with Gasteiger partial charge in [0, 0.05) is 49.5 Å². The lowest BCUT2D eigenvalue weighted by atomic mass is 9.93. The summed E-state index contributed by atoms with van der Waals surface area (Å²) in [6.07, 6.45) is 7.51. The molecule has 0 bridgehead atoms. The highest BCUT2D eigenvalue weighted by molar-refractivity contribution is 5.93. The first-order valence-electron chi connectivity index (χ1n) is 10.2. The topological polar surface area (TPSA) is 85.2 Å². The van der Waals surface area contributed by atoms with Crippen molar-refractivity contribution in [3.63, 3.8) is 0 Å². The Labute approximate surface area is 174 Å². The molecule has 1 fully saturated rings. The normalized spacial score (nSPS) is 19.0. The Hall–Kier alpha value is -3.10. The van der Waals surface area contributed by atoms with E-state index in [1.165, 1.54) is 5.56 Å². The van der Waals surface area contributed by atoms with Gasteiger partial charge in [-0.15, -0.1) is 0 Å². The van der Waals surface area contributed by atoms with E-state index in [1.807, 2.05) is 30.1 Å². The number of aromatic nitrogens is 4. The summed E-state index contributed by atoms with van der Waals surface area (Å²) in [4.78, 5) is 22.7. The molecule has 0 saturated carbocycles. The molecule has 0 radical (unpaired) electrons. The maximum absolute atomic E-state index is 11.8. The van der Waals surface area contributed by atoms with Gasteiger partial charge in [0.1, 0.15) is 18.1 Å². The number of carbonyl (C=O) groups is 1. The molecule has 1 aromatic carbocycles. The van der Waals surface area contributed by atoms with Crippen molar-refractivity contribution in [3.05, 3.63) is 70.6 Å². The number of hydrogen-bond acceptors (Lipinski definition) is 7. The lowest BCUT2D eigenvalue weighted by molar-refractivity contribution is 0.0535. The maximum Gasteiger partial charge on any atom is 0.338 e. The second-order valence-corrected chi connectivity index (χ2v) is 7.91.